The zero-order chi connectivity index (χ0) is 24.1. The molecule has 1 aromatic carbocycles. The summed E-state index contributed by atoms with van der Waals surface area (Å²) < 4.78 is 8.55. The third-order valence-corrected chi connectivity index (χ3v) is 7.46. The Morgan fingerprint density at radius 2 is 2.06 bits per heavy atom. The van der Waals surface area contributed by atoms with E-state index in [0.29, 0.717) is 17.7 Å². The van der Waals surface area contributed by atoms with Crippen LogP contribution >= 0.6 is 15.9 Å². The molecular formula is C26H26BrN5O2. The van der Waals surface area contributed by atoms with Gasteiger partial charge in [-0.25, -0.2) is 9.97 Å². The first-order chi connectivity index (χ1) is 16.3. The third-order valence-electron chi connectivity index (χ3n) is 6.81. The summed E-state index contributed by atoms with van der Waals surface area (Å²) in [6.45, 7) is 9.31. The van der Waals surface area contributed by atoms with Crippen molar-refractivity contribution in [3.8, 4) is 28.7 Å². The number of nitrogen functional groups attached to an aromatic ring is 1. The molecule has 8 heteroatoms. The van der Waals surface area contributed by atoms with Gasteiger partial charge in [-0.1, -0.05) is 18.6 Å². The second kappa shape index (κ2) is 8.48. The number of methoxy groups -OCH3 is 1. The van der Waals surface area contributed by atoms with Crippen molar-refractivity contribution in [3.05, 3.63) is 47.3 Å². The van der Waals surface area contributed by atoms with Gasteiger partial charge in [0.2, 0.25) is 5.91 Å². The number of fused-ring (bicyclic) bond motifs is 2. The predicted molar refractivity (Wildman–Crippen MR) is 136 cm³/mol. The van der Waals surface area contributed by atoms with Crippen molar-refractivity contribution >= 4 is 38.7 Å². The number of nitrogens with zero attached hydrogens (tertiary/aromatic N) is 4. The Morgan fingerprint density at radius 3 is 2.71 bits per heavy atom. The molecule has 1 aliphatic carbocycles. The molecule has 1 saturated heterocycles. The third kappa shape index (κ3) is 3.55. The van der Waals surface area contributed by atoms with Crippen LogP contribution in [0.1, 0.15) is 25.6 Å². The van der Waals surface area contributed by atoms with Crippen molar-refractivity contribution in [1.29, 1.82) is 0 Å². The van der Waals surface area contributed by atoms with Gasteiger partial charge in [-0.15, -0.1) is 0 Å². The van der Waals surface area contributed by atoms with Crippen molar-refractivity contribution in [2.45, 2.75) is 19.9 Å². The molecule has 5 rings (SSSR count). The van der Waals surface area contributed by atoms with E-state index < -0.39 is 0 Å². The highest BCUT2D eigenvalue weighted by Gasteiger charge is 2.55. The number of piperidine rings is 1. The number of hydrogen-bond donors (Lipinski definition) is 1. The van der Waals surface area contributed by atoms with Gasteiger partial charge in [-0.3, -0.25) is 4.79 Å². The molecule has 1 saturated carbocycles. The van der Waals surface area contributed by atoms with E-state index in [-0.39, 0.29) is 17.9 Å². The average molecular weight is 520 g/mol. The fourth-order valence-corrected chi connectivity index (χ4v) is 5.49. The van der Waals surface area contributed by atoms with Crippen molar-refractivity contribution in [2.75, 3.05) is 25.9 Å². The van der Waals surface area contributed by atoms with E-state index in [9.17, 15) is 4.79 Å². The molecule has 0 spiro atoms. The molecule has 0 bridgehead atoms. The van der Waals surface area contributed by atoms with Crippen LogP contribution in [-0.4, -0.2) is 45.5 Å². The Hall–Kier alpha value is -3.31. The first kappa shape index (κ1) is 22.5. The fraction of sp³-hybridized carbons (Fsp3) is 0.346. The Bertz CT molecular complexity index is 1370. The second-order valence-corrected chi connectivity index (χ2v) is 9.92. The van der Waals surface area contributed by atoms with Crippen molar-refractivity contribution in [2.24, 2.45) is 17.8 Å². The monoisotopic (exact) mass is 519 g/mol. The van der Waals surface area contributed by atoms with Gasteiger partial charge in [-0.2, -0.15) is 0 Å². The van der Waals surface area contributed by atoms with Crippen LogP contribution in [-0.2, 0) is 4.79 Å². The number of ether oxygens (including phenoxy) is 1. The van der Waals surface area contributed by atoms with E-state index in [1.54, 1.807) is 7.11 Å². The smallest absolute Gasteiger partial charge is 0.245 e. The molecule has 3 atom stereocenters. The van der Waals surface area contributed by atoms with Gasteiger partial charge in [0.25, 0.3) is 0 Å². The molecule has 2 aliphatic rings. The first-order valence-corrected chi connectivity index (χ1v) is 12.1. The van der Waals surface area contributed by atoms with Gasteiger partial charge in [0.1, 0.15) is 29.2 Å². The lowest BCUT2D eigenvalue weighted by atomic mass is 10.0. The number of anilines is 1. The lowest BCUT2D eigenvalue weighted by Crippen LogP contribution is -2.29. The number of rotatable bonds is 4. The molecule has 174 valence electrons. The molecule has 2 fully saturated rings. The Balaban J connectivity index is 1.63. The molecule has 2 N–H and O–H groups in total. The number of carbonyl (C=O) groups is 1. The SMILES string of the molecule is C=CC(=O)N1C[C@@H]2C(C#Cc3c(-c4ccc(Br)c(OC)c4)c4c(N)ncnc4n3C(C)C)[C@@H]2C1. The quantitative estimate of drug-likeness (QED) is 0.410. The second-order valence-electron chi connectivity index (χ2n) is 9.06. The fourth-order valence-electron chi connectivity index (χ4n) is 5.08. The lowest BCUT2D eigenvalue weighted by Gasteiger charge is -2.16. The summed E-state index contributed by atoms with van der Waals surface area (Å²) in [6, 6.07) is 6.08. The maximum absolute atomic E-state index is 11.9. The largest absolute Gasteiger partial charge is 0.496 e. The van der Waals surface area contributed by atoms with E-state index in [1.165, 1.54) is 12.4 Å². The van der Waals surface area contributed by atoms with Crippen LogP contribution in [0, 0.1) is 29.6 Å². The molecule has 34 heavy (non-hydrogen) atoms. The topological polar surface area (TPSA) is 86.3 Å². The van der Waals surface area contributed by atoms with E-state index >= 15 is 0 Å². The van der Waals surface area contributed by atoms with Crippen molar-refractivity contribution < 1.29 is 9.53 Å². The van der Waals surface area contributed by atoms with Gasteiger partial charge in [-0.05, 0) is 71.3 Å². The Kier molecular flexibility index (Phi) is 5.61. The van der Waals surface area contributed by atoms with E-state index in [2.05, 4.69) is 62.7 Å². The van der Waals surface area contributed by atoms with E-state index in [4.69, 9.17) is 10.5 Å². The number of hydrogen-bond acceptors (Lipinski definition) is 5. The summed E-state index contributed by atoms with van der Waals surface area (Å²) in [7, 11) is 1.64. The highest BCUT2D eigenvalue weighted by molar-refractivity contribution is 9.10. The number of aromatic nitrogens is 3. The number of amides is 1. The zero-order valence-corrected chi connectivity index (χ0v) is 21.0. The summed E-state index contributed by atoms with van der Waals surface area (Å²) in [4.78, 5) is 22.6. The van der Waals surface area contributed by atoms with Crippen LogP contribution in [0.15, 0.2) is 41.7 Å². The molecule has 3 heterocycles. The maximum atomic E-state index is 11.9. The highest BCUT2D eigenvalue weighted by Crippen LogP contribution is 2.51. The van der Waals surface area contributed by atoms with Crippen LogP contribution in [0.4, 0.5) is 5.82 Å². The number of carbonyl (C=O) groups excluding carboxylic acids is 1. The minimum Gasteiger partial charge on any atom is -0.496 e. The number of halogens is 1. The Morgan fingerprint density at radius 1 is 1.32 bits per heavy atom. The number of benzene rings is 1. The van der Waals surface area contributed by atoms with Gasteiger partial charge < -0.3 is 19.9 Å². The summed E-state index contributed by atoms with van der Waals surface area (Å²) >= 11 is 3.54. The predicted octanol–water partition coefficient (Wildman–Crippen LogP) is 4.27. The van der Waals surface area contributed by atoms with Crippen molar-refractivity contribution in [3.63, 3.8) is 0 Å². The molecule has 7 nitrogen and oxygen atoms in total. The number of likely N-dealkylation sites (tertiary alicyclic amines) is 1. The van der Waals surface area contributed by atoms with Crippen LogP contribution in [0.5, 0.6) is 5.75 Å². The van der Waals surface area contributed by atoms with E-state index in [1.807, 2.05) is 23.1 Å². The maximum Gasteiger partial charge on any atom is 0.245 e. The minimum absolute atomic E-state index is 0.000588. The van der Waals surface area contributed by atoms with Gasteiger partial charge in [0.05, 0.1) is 17.0 Å². The van der Waals surface area contributed by atoms with Crippen LogP contribution in [0.3, 0.4) is 0 Å². The molecule has 1 aliphatic heterocycles. The summed E-state index contributed by atoms with van der Waals surface area (Å²) in [6.07, 6.45) is 2.88. The standard InChI is InChI=1S/C26H26BrN5O2/c1-5-22(33)31-11-17-16(18(17)12-31)7-9-20-23(15-6-8-19(27)21(10-15)34-4)24-25(28)29-13-30-26(24)32(20)14(2)3/h5-6,8,10,13-14,16-18H,1,11-12H2,2-4H3,(H2,28,29,30)/t16?,17-,18+. The van der Waals surface area contributed by atoms with Crippen LogP contribution in [0.25, 0.3) is 22.2 Å². The average Bonchev–Trinajstić information content (AvgIpc) is 3.15. The first-order valence-electron chi connectivity index (χ1n) is 11.3. The van der Waals surface area contributed by atoms with E-state index in [0.717, 1.165) is 51.2 Å². The van der Waals surface area contributed by atoms with Crippen molar-refractivity contribution in [1.82, 2.24) is 19.4 Å². The van der Waals surface area contributed by atoms with Gasteiger partial charge >= 0.3 is 0 Å². The molecule has 1 amide bonds. The molecule has 1 unspecified atom stereocenters. The van der Waals surface area contributed by atoms with Crippen LogP contribution in [0.2, 0.25) is 0 Å². The zero-order valence-electron chi connectivity index (χ0n) is 19.4. The summed E-state index contributed by atoms with van der Waals surface area (Å²) in [5.74, 6) is 9.28. The molecule has 3 aromatic rings. The Labute approximate surface area is 207 Å². The van der Waals surface area contributed by atoms with Gasteiger partial charge in [0.15, 0.2) is 0 Å². The van der Waals surface area contributed by atoms with Crippen LogP contribution < -0.4 is 10.5 Å². The van der Waals surface area contributed by atoms with Gasteiger partial charge in [0, 0.05) is 30.6 Å². The molecule has 2 aromatic heterocycles. The normalized spacial score (nSPS) is 20.7. The minimum atomic E-state index is -0.000588. The lowest BCUT2D eigenvalue weighted by molar-refractivity contribution is -0.125. The summed E-state index contributed by atoms with van der Waals surface area (Å²) in [5, 5.41) is 0.795. The highest BCUT2D eigenvalue weighted by atomic mass is 79.9. The summed E-state index contributed by atoms with van der Waals surface area (Å²) in [5.41, 5.74) is 9.86. The molecule has 0 radical (unpaired) electrons. The number of nitrogens with two attached hydrogens (primary N) is 1. The molecular weight excluding hydrogens is 494 g/mol.